The molecule has 0 fully saturated rings. The number of hydrogen-bond donors (Lipinski definition) is 0. The normalized spacial score (nSPS) is 16.4. The molecule has 1 atom stereocenters. The minimum atomic E-state index is -3.66. The molecule has 3 aromatic carbocycles. The molecule has 5 nitrogen and oxygen atoms in total. The van der Waals surface area contributed by atoms with Crippen molar-refractivity contribution in [2.75, 3.05) is 13.2 Å². The first-order chi connectivity index (χ1) is 15.5. The van der Waals surface area contributed by atoms with Gasteiger partial charge in [-0.25, -0.2) is 8.42 Å². The minimum Gasteiger partial charge on any atom is -0.494 e. The topological polar surface area (TPSA) is 55.8 Å². The quantitative estimate of drug-likeness (QED) is 0.485. The van der Waals surface area contributed by atoms with Gasteiger partial charge in [0, 0.05) is 6.54 Å². The molecule has 1 aliphatic heterocycles. The van der Waals surface area contributed by atoms with Crippen molar-refractivity contribution in [2.45, 2.75) is 44.2 Å². The summed E-state index contributed by atoms with van der Waals surface area (Å²) in [5.41, 5.74) is 3.23. The molecule has 0 amide bonds. The molecule has 0 aliphatic carbocycles. The highest BCUT2D eigenvalue weighted by atomic mass is 32.2. The molecule has 0 saturated carbocycles. The van der Waals surface area contributed by atoms with Crippen molar-refractivity contribution in [3.8, 4) is 11.5 Å². The van der Waals surface area contributed by atoms with Gasteiger partial charge in [0.2, 0.25) is 10.0 Å². The van der Waals surface area contributed by atoms with Gasteiger partial charge in [0.05, 0.1) is 17.5 Å². The average molecular weight is 452 g/mol. The fourth-order valence-corrected chi connectivity index (χ4v) is 5.46. The molecule has 3 aromatic rings. The maximum Gasteiger partial charge on any atom is 0.243 e. The van der Waals surface area contributed by atoms with E-state index in [-0.39, 0.29) is 12.6 Å². The fourth-order valence-electron chi connectivity index (χ4n) is 3.88. The Morgan fingerprint density at radius 1 is 0.875 bits per heavy atom. The van der Waals surface area contributed by atoms with E-state index in [1.165, 1.54) is 5.56 Å². The van der Waals surface area contributed by atoms with Gasteiger partial charge in [-0.2, -0.15) is 4.31 Å². The van der Waals surface area contributed by atoms with Gasteiger partial charge in [-0.1, -0.05) is 48.9 Å². The Kier molecular flexibility index (Phi) is 6.82. The second kappa shape index (κ2) is 9.76. The van der Waals surface area contributed by atoms with E-state index < -0.39 is 10.0 Å². The first kappa shape index (κ1) is 22.4. The van der Waals surface area contributed by atoms with E-state index in [9.17, 15) is 8.42 Å². The third kappa shape index (κ3) is 4.97. The van der Waals surface area contributed by atoms with Crippen LogP contribution in [0.25, 0.3) is 0 Å². The summed E-state index contributed by atoms with van der Waals surface area (Å²) in [4.78, 5) is 0.310. The molecule has 1 aliphatic rings. The van der Waals surface area contributed by atoms with Crippen molar-refractivity contribution < 1.29 is 17.9 Å². The zero-order chi connectivity index (χ0) is 22.6. The smallest absolute Gasteiger partial charge is 0.243 e. The van der Waals surface area contributed by atoms with Crippen LogP contribution in [0.4, 0.5) is 0 Å². The zero-order valence-electron chi connectivity index (χ0n) is 18.5. The highest BCUT2D eigenvalue weighted by Gasteiger charge is 2.36. The third-order valence-corrected chi connectivity index (χ3v) is 7.59. The van der Waals surface area contributed by atoms with Crippen molar-refractivity contribution in [2.24, 2.45) is 0 Å². The summed E-state index contributed by atoms with van der Waals surface area (Å²) in [6.45, 7) is 5.30. The molecule has 0 N–H and O–H groups in total. The Bertz CT molecular complexity index is 1140. The lowest BCUT2D eigenvalue weighted by atomic mass is 9.96. The van der Waals surface area contributed by atoms with Gasteiger partial charge < -0.3 is 9.47 Å². The maximum absolute atomic E-state index is 13.5. The van der Waals surface area contributed by atoms with Crippen LogP contribution in [0.1, 0.15) is 30.0 Å². The van der Waals surface area contributed by atoms with E-state index in [1.807, 2.05) is 61.5 Å². The molecule has 1 heterocycles. The third-order valence-electron chi connectivity index (χ3n) is 5.67. The summed E-state index contributed by atoms with van der Waals surface area (Å²) in [5, 5.41) is 0. The van der Waals surface area contributed by atoms with E-state index >= 15 is 0 Å². The largest absolute Gasteiger partial charge is 0.494 e. The predicted molar refractivity (Wildman–Crippen MR) is 126 cm³/mol. The number of rotatable bonds is 8. The Morgan fingerprint density at radius 2 is 1.50 bits per heavy atom. The number of sulfonamides is 1. The highest BCUT2D eigenvalue weighted by Crippen LogP contribution is 2.30. The van der Waals surface area contributed by atoms with E-state index in [0.717, 1.165) is 23.3 Å². The summed E-state index contributed by atoms with van der Waals surface area (Å²) in [6, 6.07) is 22.2. The fraction of sp³-hybridized carbons (Fsp3) is 0.308. The van der Waals surface area contributed by atoms with E-state index in [0.29, 0.717) is 30.2 Å². The van der Waals surface area contributed by atoms with Crippen LogP contribution in [0.15, 0.2) is 77.7 Å². The first-order valence-corrected chi connectivity index (χ1v) is 12.4. The highest BCUT2D eigenvalue weighted by molar-refractivity contribution is 7.89. The van der Waals surface area contributed by atoms with Gasteiger partial charge in [0.15, 0.2) is 0 Å². The van der Waals surface area contributed by atoms with Crippen LogP contribution in [0.2, 0.25) is 0 Å². The molecule has 32 heavy (non-hydrogen) atoms. The van der Waals surface area contributed by atoms with Crippen molar-refractivity contribution in [1.82, 2.24) is 4.31 Å². The lowest BCUT2D eigenvalue weighted by molar-refractivity contribution is 0.189. The molecule has 4 rings (SSSR count). The SMILES string of the molecule is CCCOc1ccc(OC[C@H]2Cc3ccccc3CN2S(=O)(=O)c2ccc(C)cc2)cc1. The van der Waals surface area contributed by atoms with Crippen LogP contribution in [-0.4, -0.2) is 32.0 Å². The van der Waals surface area contributed by atoms with Crippen LogP contribution in [0, 0.1) is 6.92 Å². The molecule has 168 valence electrons. The first-order valence-electron chi connectivity index (χ1n) is 11.0. The maximum atomic E-state index is 13.5. The van der Waals surface area contributed by atoms with Crippen molar-refractivity contribution in [1.29, 1.82) is 0 Å². The van der Waals surface area contributed by atoms with Gasteiger partial charge >= 0.3 is 0 Å². The van der Waals surface area contributed by atoms with Crippen molar-refractivity contribution in [3.05, 3.63) is 89.5 Å². The molecule has 0 spiro atoms. The van der Waals surface area contributed by atoms with Crippen LogP contribution in [0.5, 0.6) is 11.5 Å². The van der Waals surface area contributed by atoms with Crippen LogP contribution in [-0.2, 0) is 23.0 Å². The summed E-state index contributed by atoms with van der Waals surface area (Å²) in [6.07, 6.45) is 1.56. The molecule has 0 unspecified atom stereocenters. The standard InChI is InChI=1S/C26H29NO4S/c1-3-16-30-24-10-12-25(13-11-24)31-19-23-17-21-6-4-5-7-22(21)18-27(23)32(28,29)26-14-8-20(2)9-15-26/h4-15,23H,3,16-19H2,1-2H3/t23-/m1/s1. The second-order valence-electron chi connectivity index (χ2n) is 8.12. The Hall–Kier alpha value is -2.83. The molecular formula is C26H29NO4S. The van der Waals surface area contributed by atoms with Gasteiger partial charge in [-0.05, 0) is 67.3 Å². The Labute approximate surface area is 190 Å². The van der Waals surface area contributed by atoms with E-state index in [2.05, 4.69) is 13.0 Å². The molecule has 6 heteroatoms. The molecule has 0 radical (unpaired) electrons. The van der Waals surface area contributed by atoms with Crippen LogP contribution >= 0.6 is 0 Å². The second-order valence-corrected chi connectivity index (χ2v) is 10.0. The van der Waals surface area contributed by atoms with Gasteiger partial charge in [-0.15, -0.1) is 0 Å². The molecule has 0 bridgehead atoms. The summed E-state index contributed by atoms with van der Waals surface area (Å²) < 4.78 is 40.3. The monoisotopic (exact) mass is 451 g/mol. The predicted octanol–water partition coefficient (Wildman–Crippen LogP) is 4.98. The molecule has 0 aromatic heterocycles. The van der Waals surface area contributed by atoms with Crippen molar-refractivity contribution >= 4 is 10.0 Å². The zero-order valence-corrected chi connectivity index (χ0v) is 19.3. The number of aryl methyl sites for hydroxylation is 1. The van der Waals surface area contributed by atoms with E-state index in [1.54, 1.807) is 16.4 Å². The van der Waals surface area contributed by atoms with Crippen molar-refractivity contribution in [3.63, 3.8) is 0 Å². The minimum absolute atomic E-state index is 0.272. The number of nitrogens with zero attached hydrogens (tertiary/aromatic N) is 1. The van der Waals surface area contributed by atoms with Crippen LogP contribution in [0.3, 0.4) is 0 Å². The average Bonchev–Trinajstić information content (AvgIpc) is 2.81. The Morgan fingerprint density at radius 3 is 2.16 bits per heavy atom. The van der Waals surface area contributed by atoms with Gasteiger partial charge in [0.25, 0.3) is 0 Å². The number of benzene rings is 3. The Balaban J connectivity index is 1.56. The number of hydrogen-bond acceptors (Lipinski definition) is 4. The summed E-state index contributed by atoms with van der Waals surface area (Å²) >= 11 is 0. The lowest BCUT2D eigenvalue weighted by Gasteiger charge is -2.35. The van der Waals surface area contributed by atoms with E-state index in [4.69, 9.17) is 9.47 Å². The summed E-state index contributed by atoms with van der Waals surface area (Å²) in [5.74, 6) is 1.50. The van der Waals surface area contributed by atoms with Gasteiger partial charge in [0.1, 0.15) is 18.1 Å². The number of fused-ring (bicyclic) bond motifs is 1. The molecular weight excluding hydrogens is 422 g/mol. The van der Waals surface area contributed by atoms with Gasteiger partial charge in [-0.3, -0.25) is 0 Å². The number of ether oxygens (including phenoxy) is 2. The lowest BCUT2D eigenvalue weighted by Crippen LogP contribution is -2.47. The molecule has 0 saturated heterocycles. The summed E-state index contributed by atoms with van der Waals surface area (Å²) in [7, 11) is -3.66. The van der Waals surface area contributed by atoms with Crippen LogP contribution < -0.4 is 9.47 Å².